The second kappa shape index (κ2) is 10.1. The lowest BCUT2D eigenvalue weighted by Gasteiger charge is -2.14. The van der Waals surface area contributed by atoms with Gasteiger partial charge in [-0.1, -0.05) is 34.7 Å². The summed E-state index contributed by atoms with van der Waals surface area (Å²) in [6.45, 7) is 5.34. The zero-order chi connectivity index (χ0) is 24.9. The Balaban J connectivity index is 1.98. The Morgan fingerprint density at radius 3 is 2.03 bits per heavy atom. The minimum Gasteiger partial charge on any atom is -0.461 e. The Labute approximate surface area is 199 Å². The summed E-state index contributed by atoms with van der Waals surface area (Å²) in [6, 6.07) is 10.7. The first-order valence-corrected chi connectivity index (χ1v) is 10.9. The third-order valence-corrected chi connectivity index (χ3v) is 4.96. The van der Waals surface area contributed by atoms with Crippen LogP contribution < -0.4 is 0 Å². The maximum atomic E-state index is 12.9. The SMILES string of the molecule is CCOC(=O)c1nnn(-c2cccc3cccc(-n4nncc4C(=O)OCC)c23)c1C(=O)OCC. The van der Waals surface area contributed by atoms with E-state index in [0.717, 1.165) is 5.39 Å². The molecule has 35 heavy (non-hydrogen) atoms. The van der Waals surface area contributed by atoms with Crippen molar-refractivity contribution in [3.05, 3.63) is 59.7 Å². The number of benzene rings is 2. The van der Waals surface area contributed by atoms with E-state index in [4.69, 9.17) is 14.2 Å². The first kappa shape index (κ1) is 23.5. The molecule has 0 unspecified atom stereocenters. The van der Waals surface area contributed by atoms with E-state index >= 15 is 0 Å². The molecule has 0 saturated carbocycles. The summed E-state index contributed by atoms with van der Waals surface area (Å²) in [5.74, 6) is -2.18. The van der Waals surface area contributed by atoms with Gasteiger partial charge in [-0.05, 0) is 38.3 Å². The first-order valence-electron chi connectivity index (χ1n) is 10.9. The van der Waals surface area contributed by atoms with Gasteiger partial charge in [-0.3, -0.25) is 0 Å². The molecule has 0 aliphatic rings. The topological polar surface area (TPSA) is 140 Å². The molecule has 4 rings (SSSR count). The third-order valence-electron chi connectivity index (χ3n) is 4.96. The molecule has 0 spiro atoms. The van der Waals surface area contributed by atoms with E-state index in [-0.39, 0.29) is 36.9 Å². The predicted molar refractivity (Wildman–Crippen MR) is 122 cm³/mol. The Bertz CT molecular complexity index is 1400. The van der Waals surface area contributed by atoms with Crippen LogP contribution in [0.5, 0.6) is 0 Å². The number of nitrogens with zero attached hydrogens (tertiary/aromatic N) is 6. The molecule has 2 aromatic heterocycles. The van der Waals surface area contributed by atoms with Gasteiger partial charge in [-0.15, -0.1) is 10.2 Å². The predicted octanol–water partition coefficient (Wildman–Crippen LogP) is 2.53. The molecule has 0 radical (unpaired) electrons. The summed E-state index contributed by atoms with van der Waals surface area (Å²) in [5.41, 5.74) is 0.534. The quantitative estimate of drug-likeness (QED) is 0.274. The maximum absolute atomic E-state index is 12.9. The van der Waals surface area contributed by atoms with Gasteiger partial charge in [0.25, 0.3) is 0 Å². The summed E-state index contributed by atoms with van der Waals surface area (Å²) in [4.78, 5) is 37.9. The van der Waals surface area contributed by atoms with Crippen LogP contribution >= 0.6 is 0 Å². The Morgan fingerprint density at radius 2 is 1.37 bits per heavy atom. The molecule has 0 bridgehead atoms. The molecule has 2 aromatic carbocycles. The van der Waals surface area contributed by atoms with Crippen LogP contribution in [0.15, 0.2) is 42.6 Å². The van der Waals surface area contributed by atoms with Crippen LogP contribution in [0.1, 0.15) is 52.2 Å². The highest BCUT2D eigenvalue weighted by Crippen LogP contribution is 2.30. The molecule has 0 saturated heterocycles. The number of aromatic nitrogens is 6. The van der Waals surface area contributed by atoms with E-state index in [1.807, 2.05) is 12.1 Å². The summed E-state index contributed by atoms with van der Waals surface area (Å²) >= 11 is 0. The first-order chi connectivity index (χ1) is 17.0. The lowest BCUT2D eigenvalue weighted by molar-refractivity contribution is 0.0469. The van der Waals surface area contributed by atoms with Crippen molar-refractivity contribution in [3.63, 3.8) is 0 Å². The smallest absolute Gasteiger partial charge is 0.361 e. The van der Waals surface area contributed by atoms with E-state index in [1.54, 1.807) is 45.0 Å². The molecule has 0 atom stereocenters. The van der Waals surface area contributed by atoms with E-state index in [1.165, 1.54) is 15.6 Å². The molecule has 4 aromatic rings. The van der Waals surface area contributed by atoms with Crippen LogP contribution in [0, 0.1) is 0 Å². The average Bonchev–Trinajstić information content (AvgIpc) is 3.52. The summed E-state index contributed by atoms with van der Waals surface area (Å²) in [7, 11) is 0. The van der Waals surface area contributed by atoms with Crippen molar-refractivity contribution < 1.29 is 28.6 Å². The molecular formula is C23H22N6O6. The standard InChI is InChI=1S/C23H22N6O6/c1-4-33-21(30)17-13-24-26-28(17)15-11-7-9-14-10-8-12-16(18(14)15)29-20(23(32)35-6-3)19(25-27-29)22(31)34-5-2/h7-13H,4-6H2,1-3H3. The van der Waals surface area contributed by atoms with Crippen molar-refractivity contribution in [2.75, 3.05) is 19.8 Å². The molecule has 0 N–H and O–H groups in total. The Kier molecular flexibility index (Phi) is 6.81. The highest BCUT2D eigenvalue weighted by Gasteiger charge is 2.29. The van der Waals surface area contributed by atoms with Gasteiger partial charge in [-0.2, -0.15) is 0 Å². The molecule has 2 heterocycles. The third kappa shape index (κ3) is 4.33. The summed E-state index contributed by atoms with van der Waals surface area (Å²) < 4.78 is 17.9. The summed E-state index contributed by atoms with van der Waals surface area (Å²) in [6.07, 6.45) is 1.30. The lowest BCUT2D eigenvalue weighted by atomic mass is 10.1. The maximum Gasteiger partial charge on any atom is 0.361 e. The van der Waals surface area contributed by atoms with Gasteiger partial charge in [0.15, 0.2) is 11.4 Å². The van der Waals surface area contributed by atoms with Crippen LogP contribution in [0.25, 0.3) is 22.1 Å². The van der Waals surface area contributed by atoms with Crippen LogP contribution in [0.4, 0.5) is 0 Å². The second-order valence-electron chi connectivity index (χ2n) is 7.04. The zero-order valence-electron chi connectivity index (χ0n) is 19.3. The van der Waals surface area contributed by atoms with E-state index in [9.17, 15) is 14.4 Å². The fourth-order valence-corrected chi connectivity index (χ4v) is 3.58. The number of fused-ring (bicyclic) bond motifs is 1. The van der Waals surface area contributed by atoms with Gasteiger partial charge in [0.2, 0.25) is 5.69 Å². The monoisotopic (exact) mass is 478 g/mol. The van der Waals surface area contributed by atoms with Gasteiger partial charge in [0, 0.05) is 5.39 Å². The zero-order valence-corrected chi connectivity index (χ0v) is 19.3. The molecule has 12 heteroatoms. The van der Waals surface area contributed by atoms with Crippen molar-refractivity contribution in [1.82, 2.24) is 30.0 Å². The molecule has 0 aliphatic carbocycles. The highest BCUT2D eigenvalue weighted by atomic mass is 16.5. The van der Waals surface area contributed by atoms with E-state index < -0.39 is 17.9 Å². The van der Waals surface area contributed by atoms with Crippen LogP contribution in [-0.2, 0) is 14.2 Å². The van der Waals surface area contributed by atoms with Gasteiger partial charge >= 0.3 is 17.9 Å². The molecule has 0 aliphatic heterocycles. The van der Waals surface area contributed by atoms with Gasteiger partial charge < -0.3 is 14.2 Å². The van der Waals surface area contributed by atoms with Crippen molar-refractivity contribution in [1.29, 1.82) is 0 Å². The second-order valence-corrected chi connectivity index (χ2v) is 7.04. The minimum atomic E-state index is -0.803. The number of esters is 3. The van der Waals surface area contributed by atoms with Crippen molar-refractivity contribution in [2.24, 2.45) is 0 Å². The van der Waals surface area contributed by atoms with E-state index in [2.05, 4.69) is 20.6 Å². The lowest BCUT2D eigenvalue weighted by Crippen LogP contribution is -2.18. The van der Waals surface area contributed by atoms with Gasteiger partial charge in [0.05, 0.1) is 37.4 Å². The fourth-order valence-electron chi connectivity index (χ4n) is 3.58. The number of ether oxygens (including phenoxy) is 3. The van der Waals surface area contributed by atoms with Crippen molar-refractivity contribution >= 4 is 28.7 Å². The average molecular weight is 478 g/mol. The van der Waals surface area contributed by atoms with Crippen LogP contribution in [-0.4, -0.2) is 67.7 Å². The summed E-state index contributed by atoms with van der Waals surface area (Å²) in [5, 5.41) is 17.2. The Morgan fingerprint density at radius 1 is 0.771 bits per heavy atom. The Hall–Kier alpha value is -4.61. The van der Waals surface area contributed by atoms with Gasteiger partial charge in [0.1, 0.15) is 0 Å². The van der Waals surface area contributed by atoms with Crippen LogP contribution in [0.3, 0.4) is 0 Å². The molecular weight excluding hydrogens is 456 g/mol. The number of carbonyl (C=O) groups excluding carboxylic acids is 3. The highest BCUT2D eigenvalue weighted by molar-refractivity contribution is 6.03. The largest absolute Gasteiger partial charge is 0.461 e. The number of hydrogen-bond donors (Lipinski definition) is 0. The van der Waals surface area contributed by atoms with Crippen LogP contribution in [0.2, 0.25) is 0 Å². The van der Waals surface area contributed by atoms with Crippen molar-refractivity contribution in [2.45, 2.75) is 20.8 Å². The molecule has 12 nitrogen and oxygen atoms in total. The molecule has 180 valence electrons. The van der Waals surface area contributed by atoms with E-state index in [0.29, 0.717) is 16.8 Å². The molecule has 0 fully saturated rings. The molecule has 0 amide bonds. The number of rotatable bonds is 8. The normalized spacial score (nSPS) is 10.8. The van der Waals surface area contributed by atoms with Crippen molar-refractivity contribution in [3.8, 4) is 11.4 Å². The minimum absolute atomic E-state index is 0.0783. The number of carbonyl (C=O) groups is 3. The fraction of sp³-hybridized carbons (Fsp3) is 0.261. The number of hydrogen-bond acceptors (Lipinski definition) is 10. The van der Waals surface area contributed by atoms with Gasteiger partial charge in [-0.25, -0.2) is 23.7 Å².